The molecule has 0 saturated carbocycles. The summed E-state index contributed by atoms with van der Waals surface area (Å²) in [7, 11) is 3.90. The number of carboxylic acid groups (broad SMARTS) is 1. The van der Waals surface area contributed by atoms with Gasteiger partial charge in [-0.25, -0.2) is 14.8 Å². The van der Waals surface area contributed by atoms with Crippen molar-refractivity contribution in [3.63, 3.8) is 0 Å². The molecular weight excluding hydrogens is 705 g/mol. The van der Waals surface area contributed by atoms with Crippen LogP contribution in [0, 0.1) is 0 Å². The average Bonchev–Trinajstić information content (AvgIpc) is 4.05. The monoisotopic (exact) mass is 748 g/mol. The normalized spacial score (nSPS) is 17.3. The van der Waals surface area contributed by atoms with Gasteiger partial charge in [-0.1, -0.05) is 84.9 Å². The zero-order valence-electron chi connectivity index (χ0n) is 31.4. The number of amides is 3. The summed E-state index contributed by atoms with van der Waals surface area (Å²) in [5.41, 5.74) is 7.70. The van der Waals surface area contributed by atoms with E-state index < -0.39 is 6.09 Å². The first-order valence-corrected chi connectivity index (χ1v) is 19.0. The SMILES string of the molecule is CN(C)[C@@H](C(=O)N1CCC[C@H]1c1ncc(-c2ccc(-c3ccc(-c4cnc([C@@H]5CCCN5C(=O)c5cccc(NC(=O)O)c5)[nH]4)cc3)cc2)[nH]1)c1ccccc1. The molecule has 3 atom stereocenters. The third-order valence-corrected chi connectivity index (χ3v) is 10.8. The molecule has 12 nitrogen and oxygen atoms in total. The van der Waals surface area contributed by atoms with Gasteiger partial charge in [-0.15, -0.1) is 0 Å². The molecule has 2 aromatic heterocycles. The van der Waals surface area contributed by atoms with Gasteiger partial charge in [0.25, 0.3) is 5.91 Å². The molecular formula is C44H44N8O4. The van der Waals surface area contributed by atoms with Crippen LogP contribution in [-0.2, 0) is 4.79 Å². The Morgan fingerprint density at radius 3 is 1.80 bits per heavy atom. The number of imidazole rings is 2. The molecule has 0 aliphatic carbocycles. The van der Waals surface area contributed by atoms with E-state index in [9.17, 15) is 14.4 Å². The Kier molecular flexibility index (Phi) is 10.2. The fourth-order valence-electron chi connectivity index (χ4n) is 8.07. The number of likely N-dealkylation sites (N-methyl/N-ethyl adjacent to an activating group) is 1. The topological polar surface area (TPSA) is 151 Å². The molecule has 284 valence electrons. The van der Waals surface area contributed by atoms with Gasteiger partial charge < -0.3 is 24.9 Å². The number of hydrogen-bond donors (Lipinski definition) is 4. The van der Waals surface area contributed by atoms with Crippen LogP contribution in [0.15, 0.2) is 116 Å². The second-order valence-corrected chi connectivity index (χ2v) is 14.7. The zero-order chi connectivity index (χ0) is 38.8. The smallest absolute Gasteiger partial charge is 0.409 e. The fourth-order valence-corrected chi connectivity index (χ4v) is 8.07. The predicted octanol–water partition coefficient (Wildman–Crippen LogP) is 8.17. The van der Waals surface area contributed by atoms with Gasteiger partial charge in [0.2, 0.25) is 5.91 Å². The first kappa shape index (κ1) is 36.4. The van der Waals surface area contributed by atoms with Gasteiger partial charge in [0, 0.05) is 24.3 Å². The molecule has 0 unspecified atom stereocenters. The molecule has 2 aliphatic heterocycles. The van der Waals surface area contributed by atoms with Crippen LogP contribution in [0.5, 0.6) is 0 Å². The second kappa shape index (κ2) is 15.7. The van der Waals surface area contributed by atoms with Gasteiger partial charge in [-0.05, 0) is 85.8 Å². The van der Waals surface area contributed by atoms with Crippen LogP contribution in [0.2, 0.25) is 0 Å². The summed E-state index contributed by atoms with van der Waals surface area (Å²) >= 11 is 0. The highest BCUT2D eigenvalue weighted by Gasteiger charge is 2.37. The number of benzene rings is 4. The number of carbonyl (C=O) groups is 3. The largest absolute Gasteiger partial charge is 0.465 e. The number of aromatic amines is 2. The highest BCUT2D eigenvalue weighted by molar-refractivity contribution is 5.96. The van der Waals surface area contributed by atoms with Crippen molar-refractivity contribution in [3.05, 3.63) is 138 Å². The Labute approximate surface area is 325 Å². The minimum Gasteiger partial charge on any atom is -0.465 e. The van der Waals surface area contributed by atoms with Crippen molar-refractivity contribution in [1.82, 2.24) is 34.6 Å². The van der Waals surface area contributed by atoms with Crippen LogP contribution < -0.4 is 5.32 Å². The van der Waals surface area contributed by atoms with Crippen molar-refractivity contribution >= 4 is 23.6 Å². The van der Waals surface area contributed by atoms with E-state index in [1.807, 2.05) is 60.4 Å². The van der Waals surface area contributed by atoms with E-state index in [1.54, 1.807) is 35.4 Å². The number of carbonyl (C=O) groups excluding carboxylic acids is 2. The molecule has 0 bridgehead atoms. The standard InChI is InChI=1S/C44H44N8O4/c1-50(2)39(32-9-4-3-5-10-32)43(54)52-24-8-14-38(52)41-46-27-36(49-41)31-21-17-29(18-22-31)28-15-19-30(20-16-28)35-26-45-40(48-35)37-13-7-23-51(37)42(53)33-11-6-12-34(25-33)47-44(55)56/h3-6,9-12,15-22,25-27,37-39,47H,7-8,13-14,23-24H2,1-2H3,(H,45,48)(H,46,49)(H,55,56)/t37-,38-,39+/m0/s1. The summed E-state index contributed by atoms with van der Waals surface area (Å²) < 4.78 is 0. The van der Waals surface area contributed by atoms with E-state index in [0.717, 1.165) is 76.5 Å². The Bertz CT molecular complexity index is 2330. The van der Waals surface area contributed by atoms with Gasteiger partial charge in [-0.2, -0.15) is 0 Å². The van der Waals surface area contributed by atoms with Crippen LogP contribution in [0.4, 0.5) is 10.5 Å². The molecule has 2 fully saturated rings. The predicted molar refractivity (Wildman–Crippen MR) is 215 cm³/mol. The fraction of sp³-hybridized carbons (Fsp3) is 0.250. The molecule has 4 heterocycles. The van der Waals surface area contributed by atoms with Crippen molar-refractivity contribution in [3.8, 4) is 33.6 Å². The van der Waals surface area contributed by atoms with Crippen molar-refractivity contribution < 1.29 is 19.5 Å². The lowest BCUT2D eigenvalue weighted by molar-refractivity contribution is -0.137. The number of anilines is 1. The maximum atomic E-state index is 13.9. The molecule has 56 heavy (non-hydrogen) atoms. The molecule has 0 radical (unpaired) electrons. The lowest BCUT2D eigenvalue weighted by atomic mass is 10.0. The minimum atomic E-state index is -1.18. The maximum absolute atomic E-state index is 13.9. The summed E-state index contributed by atoms with van der Waals surface area (Å²) in [5.74, 6) is 1.47. The summed E-state index contributed by atoms with van der Waals surface area (Å²) in [5, 5.41) is 11.4. The Balaban J connectivity index is 0.924. The van der Waals surface area contributed by atoms with Crippen molar-refractivity contribution in [1.29, 1.82) is 0 Å². The number of nitrogens with one attached hydrogen (secondary N) is 3. The number of H-pyrrole nitrogens is 2. The van der Waals surface area contributed by atoms with Gasteiger partial charge in [0.15, 0.2) is 0 Å². The van der Waals surface area contributed by atoms with E-state index in [-0.39, 0.29) is 29.9 Å². The molecule has 6 aromatic rings. The van der Waals surface area contributed by atoms with Gasteiger partial charge >= 0.3 is 6.09 Å². The third-order valence-electron chi connectivity index (χ3n) is 10.8. The van der Waals surface area contributed by atoms with Gasteiger partial charge in [-0.3, -0.25) is 19.8 Å². The van der Waals surface area contributed by atoms with Crippen molar-refractivity contribution in [2.75, 3.05) is 32.5 Å². The lowest BCUT2D eigenvalue weighted by Crippen LogP contribution is -2.40. The molecule has 12 heteroatoms. The first-order chi connectivity index (χ1) is 27.2. The van der Waals surface area contributed by atoms with Crippen LogP contribution in [0.3, 0.4) is 0 Å². The van der Waals surface area contributed by atoms with Crippen LogP contribution in [-0.4, -0.2) is 84.8 Å². The molecule has 4 aromatic carbocycles. The number of hydrogen-bond acceptors (Lipinski definition) is 6. The first-order valence-electron chi connectivity index (χ1n) is 19.0. The van der Waals surface area contributed by atoms with Crippen molar-refractivity contribution in [2.45, 2.75) is 43.8 Å². The molecule has 3 amide bonds. The molecule has 4 N–H and O–H groups in total. The molecule has 0 spiro atoms. The van der Waals surface area contributed by atoms with E-state index in [0.29, 0.717) is 24.3 Å². The van der Waals surface area contributed by atoms with Crippen LogP contribution >= 0.6 is 0 Å². The number of rotatable bonds is 10. The van der Waals surface area contributed by atoms with E-state index in [2.05, 4.69) is 68.8 Å². The summed E-state index contributed by atoms with van der Waals surface area (Å²) in [6.45, 7) is 1.30. The minimum absolute atomic E-state index is 0.0921. The highest BCUT2D eigenvalue weighted by Crippen LogP contribution is 2.36. The molecule has 8 rings (SSSR count). The maximum Gasteiger partial charge on any atom is 0.409 e. The Morgan fingerprint density at radius 1 is 0.714 bits per heavy atom. The van der Waals surface area contributed by atoms with E-state index in [4.69, 9.17) is 10.1 Å². The average molecular weight is 749 g/mol. The zero-order valence-corrected chi connectivity index (χ0v) is 31.4. The van der Waals surface area contributed by atoms with Crippen LogP contribution in [0.1, 0.15) is 71.4 Å². The van der Waals surface area contributed by atoms with Crippen LogP contribution in [0.25, 0.3) is 33.6 Å². The Hall–Kier alpha value is -6.53. The van der Waals surface area contributed by atoms with E-state index >= 15 is 0 Å². The van der Waals surface area contributed by atoms with E-state index in [1.165, 1.54) is 0 Å². The molecule has 2 saturated heterocycles. The number of nitrogens with zero attached hydrogens (tertiary/aromatic N) is 5. The lowest BCUT2D eigenvalue weighted by Gasteiger charge is -2.31. The summed E-state index contributed by atoms with van der Waals surface area (Å²) in [6, 6.07) is 32.5. The summed E-state index contributed by atoms with van der Waals surface area (Å²) in [6.07, 6.45) is 5.92. The number of aromatic nitrogens is 4. The third kappa shape index (κ3) is 7.43. The quantitative estimate of drug-likeness (QED) is 0.110. The Morgan fingerprint density at radius 2 is 1.25 bits per heavy atom. The van der Waals surface area contributed by atoms with Gasteiger partial charge in [0.1, 0.15) is 17.7 Å². The number of likely N-dealkylation sites (tertiary alicyclic amines) is 2. The van der Waals surface area contributed by atoms with Gasteiger partial charge in [0.05, 0.1) is 35.9 Å². The summed E-state index contributed by atoms with van der Waals surface area (Å²) in [4.78, 5) is 60.6. The second-order valence-electron chi connectivity index (χ2n) is 14.7. The van der Waals surface area contributed by atoms with Crippen molar-refractivity contribution in [2.24, 2.45) is 0 Å². The molecule has 2 aliphatic rings. The highest BCUT2D eigenvalue weighted by atomic mass is 16.4.